The van der Waals surface area contributed by atoms with Crippen LogP contribution in [0.15, 0.2) is 42.5 Å². The Morgan fingerprint density at radius 1 is 1.14 bits per heavy atom. The van der Waals surface area contributed by atoms with Gasteiger partial charge in [-0.1, -0.05) is 0 Å². The van der Waals surface area contributed by atoms with E-state index in [9.17, 15) is 18.7 Å². The summed E-state index contributed by atoms with van der Waals surface area (Å²) in [7, 11) is 0. The number of aromatic nitrogens is 1. The van der Waals surface area contributed by atoms with Crippen LogP contribution >= 0.6 is 0 Å². The summed E-state index contributed by atoms with van der Waals surface area (Å²) in [4.78, 5) is 18.2. The molecule has 2 aromatic carbocycles. The molecule has 1 fully saturated rings. The highest BCUT2D eigenvalue weighted by atomic mass is 19.1. The Kier molecular flexibility index (Phi) is 4.71. The van der Waals surface area contributed by atoms with Crippen LogP contribution in [0.25, 0.3) is 22.2 Å². The lowest BCUT2D eigenvalue weighted by molar-refractivity contribution is 0.0697. The summed E-state index contributed by atoms with van der Waals surface area (Å²) >= 11 is 0. The van der Waals surface area contributed by atoms with Crippen LogP contribution in [0, 0.1) is 11.6 Å². The second-order valence-corrected chi connectivity index (χ2v) is 7.23. The molecule has 0 spiro atoms. The third-order valence-corrected chi connectivity index (χ3v) is 5.34. The number of rotatable bonds is 3. The van der Waals surface area contributed by atoms with Crippen LogP contribution < -0.4 is 4.90 Å². The van der Waals surface area contributed by atoms with E-state index in [1.165, 1.54) is 18.2 Å². The summed E-state index contributed by atoms with van der Waals surface area (Å²) in [5.41, 5.74) is 2.16. The summed E-state index contributed by atoms with van der Waals surface area (Å²) in [5.74, 6) is -2.32. The zero-order chi connectivity index (χ0) is 19.8. The summed E-state index contributed by atoms with van der Waals surface area (Å²) < 4.78 is 28.0. The molecule has 1 aromatic heterocycles. The van der Waals surface area contributed by atoms with Crippen LogP contribution in [-0.4, -0.2) is 28.6 Å². The lowest BCUT2D eigenvalue weighted by Crippen LogP contribution is -2.37. The first-order valence-electron chi connectivity index (χ1n) is 9.34. The number of hydrogen-bond donors (Lipinski definition) is 1. The summed E-state index contributed by atoms with van der Waals surface area (Å²) in [5, 5.41) is 9.96. The van der Waals surface area contributed by atoms with Gasteiger partial charge in [0.05, 0.1) is 22.5 Å². The van der Waals surface area contributed by atoms with Crippen molar-refractivity contribution in [2.75, 3.05) is 11.4 Å². The molecular weight excluding hydrogens is 362 g/mol. The van der Waals surface area contributed by atoms with Crippen molar-refractivity contribution in [2.24, 2.45) is 0 Å². The molecule has 0 amide bonds. The van der Waals surface area contributed by atoms with Crippen molar-refractivity contribution in [2.45, 2.75) is 32.2 Å². The number of anilines is 1. The van der Waals surface area contributed by atoms with Gasteiger partial charge in [0.1, 0.15) is 11.6 Å². The lowest BCUT2D eigenvalue weighted by Gasteiger charge is -2.36. The Balaban J connectivity index is 1.96. The van der Waals surface area contributed by atoms with E-state index >= 15 is 0 Å². The molecule has 4 rings (SSSR count). The molecule has 1 aliphatic heterocycles. The molecule has 0 bridgehead atoms. The molecule has 1 N–H and O–H groups in total. The number of fused-ring (bicyclic) bond motifs is 1. The number of carbonyl (C=O) groups is 1. The number of carboxylic acid groups (broad SMARTS) is 1. The minimum Gasteiger partial charge on any atom is -0.478 e. The smallest absolute Gasteiger partial charge is 0.335 e. The SMILES string of the molecule is C[C@H]1CCCCN1c1cc2cc(C(=O)O)ccc2nc1-c1ccc(F)cc1F. The normalized spacial score (nSPS) is 17.1. The molecule has 0 radical (unpaired) electrons. The van der Waals surface area contributed by atoms with E-state index in [0.29, 0.717) is 16.6 Å². The second-order valence-electron chi connectivity index (χ2n) is 7.23. The van der Waals surface area contributed by atoms with Crippen molar-refractivity contribution in [3.63, 3.8) is 0 Å². The predicted molar refractivity (Wildman–Crippen MR) is 105 cm³/mol. The Hall–Kier alpha value is -3.02. The number of hydrogen-bond acceptors (Lipinski definition) is 3. The van der Waals surface area contributed by atoms with Gasteiger partial charge in [-0.3, -0.25) is 0 Å². The topological polar surface area (TPSA) is 53.4 Å². The van der Waals surface area contributed by atoms with Gasteiger partial charge in [-0.25, -0.2) is 18.6 Å². The fraction of sp³-hybridized carbons (Fsp3) is 0.273. The van der Waals surface area contributed by atoms with Crippen molar-refractivity contribution < 1.29 is 18.7 Å². The maximum Gasteiger partial charge on any atom is 0.335 e. The molecule has 28 heavy (non-hydrogen) atoms. The largest absolute Gasteiger partial charge is 0.478 e. The molecule has 0 aliphatic carbocycles. The third-order valence-electron chi connectivity index (χ3n) is 5.34. The highest BCUT2D eigenvalue weighted by Crippen LogP contribution is 2.37. The van der Waals surface area contributed by atoms with E-state index in [1.54, 1.807) is 12.1 Å². The molecule has 1 saturated heterocycles. The van der Waals surface area contributed by atoms with E-state index in [0.717, 1.165) is 37.6 Å². The molecule has 1 aliphatic rings. The lowest BCUT2D eigenvalue weighted by atomic mass is 9.99. The van der Waals surface area contributed by atoms with Crippen molar-refractivity contribution in [1.82, 2.24) is 4.98 Å². The number of halogens is 2. The molecule has 4 nitrogen and oxygen atoms in total. The zero-order valence-electron chi connectivity index (χ0n) is 15.5. The quantitative estimate of drug-likeness (QED) is 0.672. The molecule has 0 saturated carbocycles. The van der Waals surface area contributed by atoms with E-state index in [2.05, 4.69) is 16.8 Å². The van der Waals surface area contributed by atoms with Crippen LogP contribution in [0.5, 0.6) is 0 Å². The number of benzene rings is 2. The molecule has 0 unspecified atom stereocenters. The van der Waals surface area contributed by atoms with Crippen LogP contribution in [0.1, 0.15) is 36.5 Å². The third kappa shape index (κ3) is 3.30. The van der Waals surface area contributed by atoms with Gasteiger partial charge in [-0.05, 0) is 62.6 Å². The first-order valence-corrected chi connectivity index (χ1v) is 9.34. The highest BCUT2D eigenvalue weighted by molar-refractivity contribution is 5.96. The fourth-order valence-electron chi connectivity index (χ4n) is 3.85. The highest BCUT2D eigenvalue weighted by Gasteiger charge is 2.24. The Bertz CT molecular complexity index is 1070. The maximum absolute atomic E-state index is 14.6. The number of aromatic carboxylic acids is 1. The Morgan fingerprint density at radius 2 is 1.96 bits per heavy atom. The van der Waals surface area contributed by atoms with E-state index in [1.807, 2.05) is 6.07 Å². The van der Waals surface area contributed by atoms with E-state index < -0.39 is 17.6 Å². The number of pyridine rings is 1. The average Bonchev–Trinajstić information content (AvgIpc) is 2.67. The second kappa shape index (κ2) is 7.19. The minimum atomic E-state index is -1.01. The predicted octanol–water partition coefficient (Wildman–Crippen LogP) is 5.26. The van der Waals surface area contributed by atoms with Crippen LogP contribution in [0.2, 0.25) is 0 Å². The molecule has 2 heterocycles. The van der Waals surface area contributed by atoms with Gasteiger partial charge in [-0.2, -0.15) is 0 Å². The van der Waals surface area contributed by atoms with Crippen LogP contribution in [0.4, 0.5) is 14.5 Å². The summed E-state index contributed by atoms with van der Waals surface area (Å²) in [6, 6.07) is 10.3. The van der Waals surface area contributed by atoms with Crippen molar-refractivity contribution in [3.8, 4) is 11.3 Å². The fourth-order valence-corrected chi connectivity index (χ4v) is 3.85. The molecule has 144 valence electrons. The van der Waals surface area contributed by atoms with Gasteiger partial charge in [0.25, 0.3) is 0 Å². The van der Waals surface area contributed by atoms with Crippen molar-refractivity contribution in [1.29, 1.82) is 0 Å². The number of piperidine rings is 1. The van der Waals surface area contributed by atoms with E-state index in [-0.39, 0.29) is 17.2 Å². The first-order chi connectivity index (χ1) is 13.4. The van der Waals surface area contributed by atoms with E-state index in [4.69, 9.17) is 0 Å². The van der Waals surface area contributed by atoms with Gasteiger partial charge in [-0.15, -0.1) is 0 Å². The average molecular weight is 382 g/mol. The molecule has 1 atom stereocenters. The minimum absolute atomic E-state index is 0.174. The van der Waals surface area contributed by atoms with Gasteiger partial charge >= 0.3 is 5.97 Å². The van der Waals surface area contributed by atoms with Crippen LogP contribution in [-0.2, 0) is 0 Å². The van der Waals surface area contributed by atoms with Crippen molar-refractivity contribution in [3.05, 3.63) is 59.7 Å². The number of nitrogens with zero attached hydrogens (tertiary/aromatic N) is 2. The van der Waals surface area contributed by atoms with Gasteiger partial charge in [0.15, 0.2) is 0 Å². The van der Waals surface area contributed by atoms with Crippen molar-refractivity contribution >= 4 is 22.6 Å². The standard InChI is InChI=1S/C22H20F2N2O2/c1-13-4-2-3-9-26(13)20-11-15-10-14(22(27)28)5-8-19(15)25-21(20)17-7-6-16(23)12-18(17)24/h5-8,10-13H,2-4,9H2,1H3,(H,27,28)/t13-/m0/s1. The summed E-state index contributed by atoms with van der Waals surface area (Å²) in [6.07, 6.45) is 3.16. The summed E-state index contributed by atoms with van der Waals surface area (Å²) in [6.45, 7) is 2.92. The Morgan fingerprint density at radius 3 is 2.68 bits per heavy atom. The Labute approximate surface area is 161 Å². The van der Waals surface area contributed by atoms with Gasteiger partial charge in [0.2, 0.25) is 0 Å². The zero-order valence-corrected chi connectivity index (χ0v) is 15.5. The van der Waals surface area contributed by atoms with Crippen LogP contribution in [0.3, 0.4) is 0 Å². The van der Waals surface area contributed by atoms with Gasteiger partial charge in [0, 0.05) is 29.6 Å². The number of carboxylic acids is 1. The molecule has 6 heteroatoms. The monoisotopic (exact) mass is 382 g/mol. The molecule has 3 aromatic rings. The maximum atomic E-state index is 14.6. The van der Waals surface area contributed by atoms with Gasteiger partial charge < -0.3 is 10.0 Å². The molecular formula is C22H20F2N2O2. The first kappa shape index (κ1) is 18.3.